The third kappa shape index (κ3) is 4.81. The van der Waals surface area contributed by atoms with Gasteiger partial charge in [0.1, 0.15) is 11.6 Å². The molecule has 1 N–H and O–H groups in total. The molecule has 1 saturated carbocycles. The van der Waals surface area contributed by atoms with Crippen molar-refractivity contribution in [2.45, 2.75) is 83.5 Å². The molecular weight excluding hydrogens is 498 g/mol. The Morgan fingerprint density at radius 1 is 1.10 bits per heavy atom. The minimum Gasteiger partial charge on any atom is -0.444 e. The van der Waals surface area contributed by atoms with Gasteiger partial charge in [0.25, 0.3) is 5.91 Å². The number of aromatic nitrogens is 2. The van der Waals surface area contributed by atoms with Crippen molar-refractivity contribution in [2.24, 2.45) is 5.41 Å². The average Bonchev–Trinajstić information content (AvgIpc) is 3.46. The van der Waals surface area contributed by atoms with Crippen molar-refractivity contribution in [1.29, 1.82) is 0 Å². The van der Waals surface area contributed by atoms with Crippen LogP contribution in [0.2, 0.25) is 0 Å². The van der Waals surface area contributed by atoms with Crippen LogP contribution in [0, 0.1) is 5.41 Å². The summed E-state index contributed by atoms with van der Waals surface area (Å²) in [5, 5.41) is 7.01. The standard InChI is InChI=1S/C29H35N5O5/c1-28(2,3)39-27(38)32-10-8-29(9-11-32)13-21(14-29)34-17-20(15-30-34)18-4-5-22-19(12-18)16-33(26(22)37)23-6-7-24(35)31-25(23)36/h4-5,12,15,17,21,23H,6-11,13-14,16H2,1-3H3,(H,31,35,36). The lowest BCUT2D eigenvalue weighted by Crippen LogP contribution is -2.52. The van der Waals surface area contributed by atoms with Crippen molar-refractivity contribution < 1.29 is 23.9 Å². The largest absolute Gasteiger partial charge is 0.444 e. The van der Waals surface area contributed by atoms with Gasteiger partial charge in [0.2, 0.25) is 11.8 Å². The van der Waals surface area contributed by atoms with Gasteiger partial charge < -0.3 is 14.5 Å². The Kier molecular flexibility index (Phi) is 6.04. The zero-order chi connectivity index (χ0) is 27.5. The number of hydrogen-bond donors (Lipinski definition) is 1. The summed E-state index contributed by atoms with van der Waals surface area (Å²) in [5.41, 5.74) is 3.25. The number of ether oxygens (including phenoxy) is 1. The number of nitrogens with one attached hydrogen (secondary N) is 1. The number of piperidine rings is 2. The minimum atomic E-state index is -0.615. The van der Waals surface area contributed by atoms with Crippen LogP contribution in [-0.2, 0) is 20.9 Å². The molecule has 4 heterocycles. The van der Waals surface area contributed by atoms with E-state index in [1.165, 1.54) is 0 Å². The van der Waals surface area contributed by atoms with Crippen molar-refractivity contribution in [2.75, 3.05) is 13.1 Å². The molecule has 1 atom stereocenters. The zero-order valence-electron chi connectivity index (χ0n) is 22.7. The van der Waals surface area contributed by atoms with Crippen LogP contribution in [0.3, 0.4) is 0 Å². The predicted molar refractivity (Wildman–Crippen MR) is 141 cm³/mol. The molecule has 3 aliphatic heterocycles. The first-order valence-corrected chi connectivity index (χ1v) is 13.8. The van der Waals surface area contributed by atoms with E-state index in [2.05, 4.69) is 21.3 Å². The Morgan fingerprint density at radius 3 is 2.54 bits per heavy atom. The second-order valence-electron chi connectivity index (χ2n) is 12.5. The van der Waals surface area contributed by atoms with Gasteiger partial charge in [-0.15, -0.1) is 0 Å². The molecule has 1 unspecified atom stereocenters. The van der Waals surface area contributed by atoms with Crippen LogP contribution >= 0.6 is 0 Å². The summed E-state index contributed by atoms with van der Waals surface area (Å²) in [4.78, 5) is 52.6. The number of hydrogen-bond acceptors (Lipinski definition) is 6. The summed E-state index contributed by atoms with van der Waals surface area (Å²) in [6.07, 6.45) is 8.39. The number of likely N-dealkylation sites (tertiary alicyclic amines) is 1. The van der Waals surface area contributed by atoms with Crippen LogP contribution in [-0.4, -0.2) is 68.1 Å². The zero-order valence-corrected chi connectivity index (χ0v) is 22.7. The molecule has 0 bridgehead atoms. The molecular formula is C29H35N5O5. The number of rotatable bonds is 3. The fourth-order valence-corrected chi connectivity index (χ4v) is 6.47. The number of amides is 4. The van der Waals surface area contributed by atoms with Gasteiger partial charge in [-0.25, -0.2) is 4.79 Å². The summed E-state index contributed by atoms with van der Waals surface area (Å²) in [7, 11) is 0. The highest BCUT2D eigenvalue weighted by Gasteiger charge is 2.48. The van der Waals surface area contributed by atoms with Crippen LogP contribution in [0.1, 0.15) is 81.3 Å². The maximum Gasteiger partial charge on any atom is 0.410 e. The molecule has 2 saturated heterocycles. The van der Waals surface area contributed by atoms with Gasteiger partial charge >= 0.3 is 6.09 Å². The lowest BCUT2D eigenvalue weighted by Gasteiger charge is -2.52. The number of nitrogens with zero attached hydrogens (tertiary/aromatic N) is 4. The molecule has 6 rings (SSSR count). The topological polar surface area (TPSA) is 114 Å². The molecule has 10 heteroatoms. The normalized spacial score (nSPS) is 23.1. The van der Waals surface area contributed by atoms with Crippen LogP contribution in [0.5, 0.6) is 0 Å². The summed E-state index contributed by atoms with van der Waals surface area (Å²) < 4.78 is 7.58. The van der Waals surface area contributed by atoms with Gasteiger partial charge in [-0.05, 0) is 81.5 Å². The maximum absolute atomic E-state index is 13.0. The summed E-state index contributed by atoms with van der Waals surface area (Å²) in [6.45, 7) is 7.50. The molecule has 1 spiro atoms. The van der Waals surface area contributed by atoms with Crippen LogP contribution < -0.4 is 5.32 Å². The Morgan fingerprint density at radius 2 is 1.85 bits per heavy atom. The lowest BCUT2D eigenvalue weighted by molar-refractivity contribution is -0.136. The van der Waals surface area contributed by atoms with Gasteiger partial charge in [-0.2, -0.15) is 5.10 Å². The van der Waals surface area contributed by atoms with E-state index < -0.39 is 17.6 Å². The molecule has 2 aromatic rings. The number of carbonyl (C=O) groups excluding carboxylic acids is 4. The molecule has 206 valence electrons. The highest BCUT2D eigenvalue weighted by Crippen LogP contribution is 2.54. The van der Waals surface area contributed by atoms with E-state index in [9.17, 15) is 19.2 Å². The Labute approximate surface area is 227 Å². The second-order valence-corrected chi connectivity index (χ2v) is 12.5. The van der Waals surface area contributed by atoms with E-state index in [0.717, 1.165) is 55.5 Å². The SMILES string of the molecule is CC(C)(C)OC(=O)N1CCC2(CC1)CC(n1cc(-c3ccc4c(c3)CN(C3CCC(=O)NC3=O)C4=O)cn1)C2. The fraction of sp³-hybridized carbons (Fsp3) is 0.552. The Balaban J connectivity index is 1.07. The van der Waals surface area contributed by atoms with Crippen LogP contribution in [0.25, 0.3) is 11.1 Å². The molecule has 1 aromatic carbocycles. The summed E-state index contributed by atoms with van der Waals surface area (Å²) in [6, 6.07) is 5.49. The molecule has 4 amide bonds. The van der Waals surface area contributed by atoms with Crippen molar-refractivity contribution in [1.82, 2.24) is 24.9 Å². The van der Waals surface area contributed by atoms with E-state index in [0.29, 0.717) is 24.6 Å². The van der Waals surface area contributed by atoms with E-state index >= 15 is 0 Å². The predicted octanol–water partition coefficient (Wildman–Crippen LogP) is 3.66. The van der Waals surface area contributed by atoms with Crippen molar-refractivity contribution in [3.63, 3.8) is 0 Å². The molecule has 3 fully saturated rings. The van der Waals surface area contributed by atoms with Crippen molar-refractivity contribution in [3.05, 3.63) is 41.7 Å². The van der Waals surface area contributed by atoms with Gasteiger partial charge in [0.05, 0.1) is 12.2 Å². The molecule has 0 radical (unpaired) electrons. The first-order valence-electron chi connectivity index (χ1n) is 13.8. The lowest BCUT2D eigenvalue weighted by atomic mass is 9.60. The van der Waals surface area contributed by atoms with Crippen molar-refractivity contribution >= 4 is 23.8 Å². The van der Waals surface area contributed by atoms with Crippen molar-refractivity contribution in [3.8, 4) is 11.1 Å². The molecule has 10 nitrogen and oxygen atoms in total. The van der Waals surface area contributed by atoms with Gasteiger partial charge in [0, 0.05) is 43.4 Å². The highest BCUT2D eigenvalue weighted by molar-refractivity contribution is 6.05. The third-order valence-corrected chi connectivity index (χ3v) is 8.65. The molecule has 1 aromatic heterocycles. The second kappa shape index (κ2) is 9.20. The van der Waals surface area contributed by atoms with E-state index in [1.54, 1.807) is 4.90 Å². The molecule has 4 aliphatic rings. The quantitative estimate of drug-likeness (QED) is 0.603. The van der Waals surface area contributed by atoms with Gasteiger partial charge in [0.15, 0.2) is 0 Å². The first-order chi connectivity index (χ1) is 18.5. The number of benzene rings is 1. The Bertz CT molecular complexity index is 1340. The minimum absolute atomic E-state index is 0.167. The van der Waals surface area contributed by atoms with Gasteiger partial charge in [-0.1, -0.05) is 6.07 Å². The third-order valence-electron chi connectivity index (χ3n) is 8.65. The van der Waals surface area contributed by atoms with Gasteiger partial charge in [-0.3, -0.25) is 24.4 Å². The van der Waals surface area contributed by atoms with E-state index in [4.69, 9.17) is 4.74 Å². The number of imide groups is 1. The number of fused-ring (bicyclic) bond motifs is 1. The number of carbonyl (C=O) groups is 4. The monoisotopic (exact) mass is 533 g/mol. The molecule has 39 heavy (non-hydrogen) atoms. The van der Waals surface area contributed by atoms with Crippen LogP contribution in [0.4, 0.5) is 4.79 Å². The molecule has 1 aliphatic carbocycles. The summed E-state index contributed by atoms with van der Waals surface area (Å²) in [5.74, 6) is -0.856. The maximum atomic E-state index is 13.0. The smallest absolute Gasteiger partial charge is 0.410 e. The fourth-order valence-electron chi connectivity index (χ4n) is 6.47. The summed E-state index contributed by atoms with van der Waals surface area (Å²) >= 11 is 0. The Hall–Kier alpha value is -3.69. The van der Waals surface area contributed by atoms with Crippen LogP contribution in [0.15, 0.2) is 30.6 Å². The van der Waals surface area contributed by atoms with E-state index in [-0.39, 0.29) is 29.7 Å². The first kappa shape index (κ1) is 25.6. The highest BCUT2D eigenvalue weighted by atomic mass is 16.6. The van der Waals surface area contributed by atoms with E-state index in [1.807, 2.05) is 50.1 Å². The average molecular weight is 534 g/mol.